The van der Waals surface area contributed by atoms with Crippen molar-refractivity contribution < 1.29 is 17.9 Å². The summed E-state index contributed by atoms with van der Waals surface area (Å²) >= 11 is 0. The highest BCUT2D eigenvalue weighted by Crippen LogP contribution is 2.15. The van der Waals surface area contributed by atoms with Crippen molar-refractivity contribution in [2.75, 3.05) is 39.7 Å². The lowest BCUT2D eigenvalue weighted by molar-refractivity contribution is -0.0432. The van der Waals surface area contributed by atoms with Crippen LogP contribution in [0.2, 0.25) is 0 Å². The molecule has 5 nitrogen and oxygen atoms in total. The lowest BCUT2D eigenvalue weighted by atomic mass is 10.1. The standard InChI is InChI=1S/C15H23NO4S/c1-19-9-7-14-12-16(8-10-20-14)11-13-3-5-15(6-4-13)21(2,17)18/h3-6,14H,7-12H2,1-2H3. The van der Waals surface area contributed by atoms with Crippen LogP contribution in [-0.4, -0.2) is 59.1 Å². The second-order valence-corrected chi connectivity index (χ2v) is 7.44. The first-order valence-corrected chi connectivity index (χ1v) is 9.00. The zero-order valence-corrected chi connectivity index (χ0v) is 13.4. The molecule has 0 bridgehead atoms. The molecule has 0 aliphatic carbocycles. The SMILES string of the molecule is COCCC1CN(Cc2ccc(S(C)(=O)=O)cc2)CCO1. The van der Waals surface area contributed by atoms with Gasteiger partial charge in [0, 0.05) is 39.6 Å². The Balaban J connectivity index is 1.92. The van der Waals surface area contributed by atoms with Gasteiger partial charge in [-0.1, -0.05) is 12.1 Å². The fourth-order valence-electron chi connectivity index (χ4n) is 2.45. The zero-order chi connectivity index (χ0) is 15.3. The van der Waals surface area contributed by atoms with Crippen molar-refractivity contribution in [1.29, 1.82) is 0 Å². The van der Waals surface area contributed by atoms with E-state index in [1.54, 1.807) is 19.2 Å². The highest BCUT2D eigenvalue weighted by atomic mass is 32.2. The van der Waals surface area contributed by atoms with Crippen LogP contribution in [0.5, 0.6) is 0 Å². The average Bonchev–Trinajstić information content (AvgIpc) is 2.45. The summed E-state index contributed by atoms with van der Waals surface area (Å²) in [4.78, 5) is 2.70. The monoisotopic (exact) mass is 313 g/mol. The topological polar surface area (TPSA) is 55.8 Å². The zero-order valence-electron chi connectivity index (χ0n) is 12.6. The van der Waals surface area contributed by atoms with Gasteiger partial charge in [-0.15, -0.1) is 0 Å². The molecule has 0 N–H and O–H groups in total. The van der Waals surface area contributed by atoms with Crippen molar-refractivity contribution in [3.63, 3.8) is 0 Å². The minimum Gasteiger partial charge on any atom is -0.385 e. The number of ether oxygens (including phenoxy) is 2. The van der Waals surface area contributed by atoms with Crippen LogP contribution < -0.4 is 0 Å². The molecule has 1 unspecified atom stereocenters. The lowest BCUT2D eigenvalue weighted by Gasteiger charge is -2.32. The first-order valence-electron chi connectivity index (χ1n) is 7.11. The molecule has 1 fully saturated rings. The van der Waals surface area contributed by atoms with Gasteiger partial charge in [-0.2, -0.15) is 0 Å². The van der Waals surface area contributed by atoms with E-state index in [1.807, 2.05) is 12.1 Å². The van der Waals surface area contributed by atoms with Gasteiger partial charge in [0.15, 0.2) is 9.84 Å². The van der Waals surface area contributed by atoms with E-state index in [2.05, 4.69) is 4.90 Å². The van der Waals surface area contributed by atoms with Crippen LogP contribution in [0.15, 0.2) is 29.2 Å². The summed E-state index contributed by atoms with van der Waals surface area (Å²) in [5, 5.41) is 0. The largest absolute Gasteiger partial charge is 0.385 e. The third-order valence-corrected chi connectivity index (χ3v) is 4.75. The van der Waals surface area contributed by atoms with Gasteiger partial charge in [0.2, 0.25) is 0 Å². The maximum absolute atomic E-state index is 11.4. The van der Waals surface area contributed by atoms with E-state index >= 15 is 0 Å². The van der Waals surface area contributed by atoms with E-state index < -0.39 is 9.84 Å². The maximum Gasteiger partial charge on any atom is 0.175 e. The van der Waals surface area contributed by atoms with Crippen molar-refractivity contribution in [2.45, 2.75) is 24.0 Å². The Morgan fingerprint density at radius 1 is 1.33 bits per heavy atom. The quantitative estimate of drug-likeness (QED) is 0.793. The third kappa shape index (κ3) is 5.07. The van der Waals surface area contributed by atoms with E-state index in [0.717, 1.165) is 38.2 Å². The summed E-state index contributed by atoms with van der Waals surface area (Å²) in [6, 6.07) is 7.12. The van der Waals surface area contributed by atoms with Crippen LogP contribution in [0, 0.1) is 0 Å². The molecule has 1 atom stereocenters. The fourth-order valence-corrected chi connectivity index (χ4v) is 3.08. The molecule has 0 radical (unpaired) electrons. The van der Waals surface area contributed by atoms with Crippen molar-refractivity contribution in [2.24, 2.45) is 0 Å². The smallest absolute Gasteiger partial charge is 0.175 e. The number of rotatable bonds is 6. The molecule has 1 saturated heterocycles. The van der Waals surface area contributed by atoms with Gasteiger partial charge >= 0.3 is 0 Å². The Hall–Kier alpha value is -0.950. The minimum absolute atomic E-state index is 0.217. The molecule has 1 aromatic rings. The molecule has 6 heteroatoms. The second kappa shape index (κ2) is 7.35. The molecule has 21 heavy (non-hydrogen) atoms. The van der Waals surface area contributed by atoms with E-state index in [1.165, 1.54) is 6.26 Å². The maximum atomic E-state index is 11.4. The number of hydrogen-bond acceptors (Lipinski definition) is 5. The third-order valence-electron chi connectivity index (χ3n) is 3.62. The van der Waals surface area contributed by atoms with Gasteiger partial charge in [-0.3, -0.25) is 4.90 Å². The van der Waals surface area contributed by atoms with Crippen LogP contribution in [0.4, 0.5) is 0 Å². The Bertz CT molecular complexity index is 541. The Morgan fingerprint density at radius 2 is 2.05 bits per heavy atom. The predicted octanol–water partition coefficient (Wildman–Crippen LogP) is 1.33. The summed E-state index contributed by atoms with van der Waals surface area (Å²) in [6.45, 7) is 4.04. The summed E-state index contributed by atoms with van der Waals surface area (Å²) in [7, 11) is -1.42. The molecular weight excluding hydrogens is 290 g/mol. The molecule has 0 aromatic heterocycles. The van der Waals surface area contributed by atoms with Crippen LogP contribution in [0.25, 0.3) is 0 Å². The molecule has 1 aromatic carbocycles. The van der Waals surface area contributed by atoms with Crippen molar-refractivity contribution in [1.82, 2.24) is 4.90 Å². The van der Waals surface area contributed by atoms with Crippen LogP contribution in [-0.2, 0) is 25.9 Å². The molecule has 118 valence electrons. The predicted molar refractivity (Wildman–Crippen MR) is 81.1 cm³/mol. The van der Waals surface area contributed by atoms with Gasteiger partial charge in [0.1, 0.15) is 0 Å². The highest BCUT2D eigenvalue weighted by Gasteiger charge is 2.20. The molecule has 0 spiro atoms. The average molecular weight is 313 g/mol. The molecule has 1 aliphatic rings. The van der Waals surface area contributed by atoms with Crippen LogP contribution in [0.1, 0.15) is 12.0 Å². The molecular formula is C15H23NO4S. The van der Waals surface area contributed by atoms with Gasteiger partial charge in [-0.05, 0) is 24.1 Å². The number of sulfone groups is 1. The Kier molecular flexibility index (Phi) is 5.75. The van der Waals surface area contributed by atoms with Crippen LogP contribution >= 0.6 is 0 Å². The number of benzene rings is 1. The molecule has 0 amide bonds. The number of hydrogen-bond donors (Lipinski definition) is 0. The molecule has 2 rings (SSSR count). The lowest BCUT2D eigenvalue weighted by Crippen LogP contribution is -2.42. The minimum atomic E-state index is -3.12. The summed E-state index contributed by atoms with van der Waals surface area (Å²) < 4.78 is 33.7. The number of morpholine rings is 1. The van der Waals surface area contributed by atoms with Crippen molar-refractivity contribution >= 4 is 9.84 Å². The summed E-state index contributed by atoms with van der Waals surface area (Å²) in [5.41, 5.74) is 1.12. The molecule has 1 aliphatic heterocycles. The first kappa shape index (κ1) is 16.4. The van der Waals surface area contributed by atoms with Gasteiger partial charge < -0.3 is 9.47 Å². The fraction of sp³-hybridized carbons (Fsp3) is 0.600. The van der Waals surface area contributed by atoms with Gasteiger partial charge in [0.25, 0.3) is 0 Å². The van der Waals surface area contributed by atoms with Crippen molar-refractivity contribution in [3.05, 3.63) is 29.8 Å². The molecule has 1 heterocycles. The highest BCUT2D eigenvalue weighted by molar-refractivity contribution is 7.90. The summed E-state index contributed by atoms with van der Waals surface area (Å²) in [5.74, 6) is 0. The normalized spacial score (nSPS) is 20.6. The first-order chi connectivity index (χ1) is 9.99. The number of methoxy groups -OCH3 is 1. The summed E-state index contributed by atoms with van der Waals surface area (Å²) in [6.07, 6.45) is 2.35. The Morgan fingerprint density at radius 3 is 2.67 bits per heavy atom. The molecule has 0 saturated carbocycles. The van der Waals surface area contributed by atoms with E-state index in [9.17, 15) is 8.42 Å². The van der Waals surface area contributed by atoms with Gasteiger partial charge in [-0.25, -0.2) is 8.42 Å². The van der Waals surface area contributed by atoms with E-state index in [-0.39, 0.29) is 6.10 Å². The van der Waals surface area contributed by atoms with E-state index in [4.69, 9.17) is 9.47 Å². The second-order valence-electron chi connectivity index (χ2n) is 5.43. The number of nitrogens with zero attached hydrogens (tertiary/aromatic N) is 1. The van der Waals surface area contributed by atoms with Crippen molar-refractivity contribution in [3.8, 4) is 0 Å². The van der Waals surface area contributed by atoms with Gasteiger partial charge in [0.05, 0.1) is 17.6 Å². The Labute approximate surface area is 126 Å². The van der Waals surface area contributed by atoms with Crippen LogP contribution in [0.3, 0.4) is 0 Å². The van der Waals surface area contributed by atoms with E-state index in [0.29, 0.717) is 11.5 Å².